The first-order valence-electron chi connectivity index (χ1n) is 10.3. The zero-order chi connectivity index (χ0) is 22.1. The Morgan fingerprint density at radius 3 is 2.22 bits per heavy atom. The number of hydrogen-bond acceptors (Lipinski definition) is 6. The molecule has 0 spiro atoms. The van der Waals surface area contributed by atoms with E-state index in [4.69, 9.17) is 14.2 Å². The second-order valence-corrected chi connectivity index (χ2v) is 7.51. The van der Waals surface area contributed by atoms with Gasteiger partial charge in [-0.3, -0.25) is 4.98 Å². The van der Waals surface area contributed by atoms with Crippen LogP contribution in [0.3, 0.4) is 0 Å². The molecule has 172 valence electrons. The maximum atomic E-state index is 5.93. The molecule has 1 heterocycles. The molecule has 0 radical (unpaired) electrons. The normalized spacial score (nSPS) is 11.5. The third kappa shape index (κ3) is 7.12. The first-order chi connectivity index (χ1) is 15.1. The van der Waals surface area contributed by atoms with Crippen LogP contribution in [0, 0.1) is 0 Å². The van der Waals surface area contributed by atoms with Crippen LogP contribution in [0.2, 0.25) is 0 Å². The second-order valence-electron chi connectivity index (χ2n) is 7.51. The van der Waals surface area contributed by atoms with Crippen LogP contribution in [0.15, 0.2) is 67.0 Å². The minimum atomic E-state index is 0. The molecule has 1 unspecified atom stereocenters. The van der Waals surface area contributed by atoms with Crippen molar-refractivity contribution in [3.63, 3.8) is 0 Å². The lowest BCUT2D eigenvalue weighted by atomic mass is 10.1. The molecule has 0 amide bonds. The summed E-state index contributed by atoms with van der Waals surface area (Å²) in [5.41, 5.74) is 3.45. The zero-order valence-electron chi connectivity index (χ0n) is 19.1. The summed E-state index contributed by atoms with van der Waals surface area (Å²) in [6.45, 7) is 2.03. The average molecular weight is 458 g/mol. The Kier molecular flexibility index (Phi) is 10.3. The minimum absolute atomic E-state index is 0. The number of methoxy groups -OCH3 is 2. The Hall–Kier alpha value is -2.80. The average Bonchev–Trinajstić information content (AvgIpc) is 2.81. The van der Waals surface area contributed by atoms with Gasteiger partial charge in [-0.05, 0) is 67.2 Å². The van der Waals surface area contributed by atoms with Crippen LogP contribution in [0.4, 0.5) is 0 Å². The number of benzene rings is 2. The van der Waals surface area contributed by atoms with Gasteiger partial charge < -0.3 is 24.4 Å². The molecule has 1 N–H and O–H groups in total. The number of halogens is 1. The van der Waals surface area contributed by atoms with Gasteiger partial charge in [-0.2, -0.15) is 0 Å². The highest BCUT2D eigenvalue weighted by Gasteiger charge is 2.14. The number of hydrogen-bond donors (Lipinski definition) is 1. The van der Waals surface area contributed by atoms with E-state index in [0.717, 1.165) is 41.5 Å². The quantitative estimate of drug-likeness (QED) is 0.457. The third-order valence-electron chi connectivity index (χ3n) is 5.16. The highest BCUT2D eigenvalue weighted by atomic mass is 35.5. The zero-order valence-corrected chi connectivity index (χ0v) is 19.9. The fourth-order valence-electron chi connectivity index (χ4n) is 3.36. The lowest BCUT2D eigenvalue weighted by Gasteiger charge is -2.25. The van der Waals surface area contributed by atoms with Gasteiger partial charge in [0.1, 0.15) is 12.4 Å². The van der Waals surface area contributed by atoms with E-state index < -0.39 is 0 Å². The summed E-state index contributed by atoms with van der Waals surface area (Å²) in [5, 5.41) is 3.56. The highest BCUT2D eigenvalue weighted by Crippen LogP contribution is 2.29. The van der Waals surface area contributed by atoms with Gasteiger partial charge in [0.2, 0.25) is 0 Å². The van der Waals surface area contributed by atoms with Crippen molar-refractivity contribution >= 4 is 12.4 Å². The summed E-state index contributed by atoms with van der Waals surface area (Å²) >= 11 is 0. The Bertz CT molecular complexity index is 937. The number of rotatable bonds is 11. The molecule has 3 rings (SSSR count). The van der Waals surface area contributed by atoms with Crippen molar-refractivity contribution in [1.29, 1.82) is 0 Å². The molecule has 0 aliphatic heterocycles. The van der Waals surface area contributed by atoms with Gasteiger partial charge >= 0.3 is 0 Å². The molecule has 0 saturated heterocycles. The van der Waals surface area contributed by atoms with E-state index in [1.807, 2.05) is 36.4 Å². The van der Waals surface area contributed by atoms with Crippen molar-refractivity contribution < 1.29 is 14.2 Å². The monoisotopic (exact) mass is 457 g/mol. The van der Waals surface area contributed by atoms with Crippen LogP contribution in [-0.2, 0) is 13.2 Å². The van der Waals surface area contributed by atoms with Crippen LogP contribution < -0.4 is 19.5 Å². The molecule has 2 aromatic carbocycles. The number of likely N-dealkylation sites (N-methyl/N-ethyl adjacent to an activating group) is 1. The molecule has 0 aliphatic carbocycles. The van der Waals surface area contributed by atoms with E-state index in [9.17, 15) is 0 Å². The van der Waals surface area contributed by atoms with Gasteiger partial charge in [-0.1, -0.05) is 18.2 Å². The van der Waals surface area contributed by atoms with Gasteiger partial charge in [0.25, 0.3) is 0 Å². The van der Waals surface area contributed by atoms with Crippen molar-refractivity contribution in [2.24, 2.45) is 0 Å². The lowest BCUT2D eigenvalue weighted by Crippen LogP contribution is -2.30. The number of aromatic nitrogens is 1. The Balaban J connectivity index is 0.00000363. The predicted molar refractivity (Wildman–Crippen MR) is 130 cm³/mol. The summed E-state index contributed by atoms with van der Waals surface area (Å²) in [7, 11) is 7.53. The van der Waals surface area contributed by atoms with Crippen molar-refractivity contribution in [1.82, 2.24) is 15.2 Å². The maximum Gasteiger partial charge on any atom is 0.161 e. The van der Waals surface area contributed by atoms with Crippen molar-refractivity contribution in [3.05, 3.63) is 83.7 Å². The Labute approximate surface area is 196 Å². The van der Waals surface area contributed by atoms with Crippen LogP contribution >= 0.6 is 12.4 Å². The topological polar surface area (TPSA) is 55.9 Å². The number of nitrogens with zero attached hydrogens (tertiary/aromatic N) is 2. The fraction of sp³-hybridized carbons (Fsp3) is 0.320. The van der Waals surface area contributed by atoms with Gasteiger partial charge in [0.05, 0.1) is 14.2 Å². The summed E-state index contributed by atoms with van der Waals surface area (Å²) in [5.74, 6) is 2.33. The van der Waals surface area contributed by atoms with E-state index in [2.05, 4.69) is 47.5 Å². The number of ether oxygens (including phenoxy) is 3. The Morgan fingerprint density at radius 2 is 1.59 bits per heavy atom. The number of nitrogens with one attached hydrogen (secondary N) is 1. The summed E-state index contributed by atoms with van der Waals surface area (Å²) in [6.07, 6.45) is 3.52. The molecule has 0 saturated carbocycles. The van der Waals surface area contributed by atoms with Crippen LogP contribution in [0.25, 0.3) is 0 Å². The van der Waals surface area contributed by atoms with E-state index in [0.29, 0.717) is 6.61 Å². The molecule has 6 nitrogen and oxygen atoms in total. The van der Waals surface area contributed by atoms with Gasteiger partial charge in [-0.15, -0.1) is 12.4 Å². The predicted octanol–water partition coefficient (Wildman–Crippen LogP) is 4.49. The van der Waals surface area contributed by atoms with Crippen LogP contribution in [-0.4, -0.2) is 44.7 Å². The summed E-state index contributed by atoms with van der Waals surface area (Å²) in [4.78, 5) is 6.24. The lowest BCUT2D eigenvalue weighted by molar-refractivity contribution is 0.283. The largest absolute Gasteiger partial charge is 0.497 e. The standard InChI is InChI=1S/C25H31N3O3.ClH/c1-28(2)23(21-6-8-22(29-3)9-7-21)17-27-16-20-5-10-24(25(15-20)30-4)31-18-19-11-13-26-14-12-19;/h5-15,23,27H,16-18H2,1-4H3;1H. The maximum absolute atomic E-state index is 5.93. The van der Waals surface area contributed by atoms with E-state index in [1.54, 1.807) is 26.6 Å². The molecule has 0 bridgehead atoms. The molecule has 0 fully saturated rings. The summed E-state index contributed by atoms with van der Waals surface area (Å²) < 4.78 is 16.7. The molecular formula is C25H32ClN3O3. The van der Waals surface area contributed by atoms with E-state index >= 15 is 0 Å². The third-order valence-corrected chi connectivity index (χ3v) is 5.16. The molecule has 1 aromatic heterocycles. The van der Waals surface area contributed by atoms with Crippen LogP contribution in [0.5, 0.6) is 17.2 Å². The molecular weight excluding hydrogens is 426 g/mol. The molecule has 32 heavy (non-hydrogen) atoms. The summed E-state index contributed by atoms with van der Waals surface area (Å²) in [6, 6.07) is 18.4. The minimum Gasteiger partial charge on any atom is -0.497 e. The molecule has 0 aliphatic rings. The van der Waals surface area contributed by atoms with Gasteiger partial charge in [-0.25, -0.2) is 0 Å². The van der Waals surface area contributed by atoms with Crippen LogP contribution in [0.1, 0.15) is 22.7 Å². The van der Waals surface area contributed by atoms with E-state index in [-0.39, 0.29) is 18.4 Å². The molecule has 7 heteroatoms. The molecule has 1 atom stereocenters. The van der Waals surface area contributed by atoms with Gasteiger partial charge in [0, 0.05) is 31.5 Å². The Morgan fingerprint density at radius 1 is 0.875 bits per heavy atom. The van der Waals surface area contributed by atoms with Crippen molar-refractivity contribution in [2.75, 3.05) is 34.9 Å². The van der Waals surface area contributed by atoms with Crippen molar-refractivity contribution in [3.8, 4) is 17.2 Å². The first-order valence-corrected chi connectivity index (χ1v) is 10.3. The first kappa shape index (κ1) is 25.5. The second kappa shape index (κ2) is 12.9. The van der Waals surface area contributed by atoms with Gasteiger partial charge in [0.15, 0.2) is 11.5 Å². The highest BCUT2D eigenvalue weighted by molar-refractivity contribution is 5.85. The smallest absolute Gasteiger partial charge is 0.161 e. The SMILES string of the molecule is COc1ccc(C(CNCc2ccc(OCc3ccncc3)c(OC)c2)N(C)C)cc1.Cl. The molecule has 3 aromatic rings. The van der Waals surface area contributed by atoms with E-state index in [1.165, 1.54) is 5.56 Å². The fourth-order valence-corrected chi connectivity index (χ4v) is 3.36. The number of pyridine rings is 1. The van der Waals surface area contributed by atoms with Crippen molar-refractivity contribution in [2.45, 2.75) is 19.2 Å².